The van der Waals surface area contributed by atoms with Gasteiger partial charge in [-0.25, -0.2) is 12.8 Å². The van der Waals surface area contributed by atoms with Gasteiger partial charge < -0.3 is 9.64 Å². The second kappa shape index (κ2) is 8.73. The lowest BCUT2D eigenvalue weighted by molar-refractivity contribution is -0.135. The Morgan fingerprint density at radius 2 is 1.79 bits per heavy atom. The molecule has 0 fully saturated rings. The second-order valence-electron chi connectivity index (χ2n) is 7.31. The van der Waals surface area contributed by atoms with Gasteiger partial charge in [0.15, 0.2) is 9.84 Å². The Morgan fingerprint density at radius 1 is 1.14 bits per heavy atom. The summed E-state index contributed by atoms with van der Waals surface area (Å²) in [5, 5.41) is 0. The Bertz CT molecular complexity index is 924. The van der Waals surface area contributed by atoms with E-state index in [0.29, 0.717) is 25.3 Å². The Kier molecular flexibility index (Phi) is 6.82. The van der Waals surface area contributed by atoms with E-state index in [1.807, 2.05) is 13.8 Å². The normalized spacial score (nSPS) is 11.9. The van der Waals surface area contributed by atoms with Gasteiger partial charge in [-0.1, -0.05) is 18.2 Å². The molecule has 28 heavy (non-hydrogen) atoms. The molecule has 0 unspecified atom stereocenters. The van der Waals surface area contributed by atoms with Gasteiger partial charge in [0.1, 0.15) is 11.6 Å². The lowest BCUT2D eigenvalue weighted by Crippen LogP contribution is -2.42. The van der Waals surface area contributed by atoms with Gasteiger partial charge in [0.05, 0.1) is 16.9 Å². The molecule has 2 aromatic carbocycles. The summed E-state index contributed by atoms with van der Waals surface area (Å²) in [5.74, 6) is 0.0687. The molecule has 1 amide bonds. The molecule has 0 radical (unpaired) electrons. The highest BCUT2D eigenvalue weighted by Gasteiger charge is 2.32. The van der Waals surface area contributed by atoms with E-state index in [9.17, 15) is 17.6 Å². The third-order valence-electron chi connectivity index (χ3n) is 4.59. The summed E-state index contributed by atoms with van der Waals surface area (Å²) in [5.41, 5.74) is -0.0211. The van der Waals surface area contributed by atoms with Crippen LogP contribution in [0.1, 0.15) is 25.8 Å². The minimum Gasteiger partial charge on any atom is -0.493 e. The summed E-state index contributed by atoms with van der Waals surface area (Å²) < 4.78 is 41.9. The molecule has 0 atom stereocenters. The fraction of sp³-hybridized carbons (Fsp3) is 0.381. The number of benzene rings is 2. The first-order valence-electron chi connectivity index (χ1n) is 8.96. The molecule has 0 saturated heterocycles. The number of amides is 1. The summed E-state index contributed by atoms with van der Waals surface area (Å²) in [4.78, 5) is 14.6. The van der Waals surface area contributed by atoms with Crippen LogP contribution in [-0.4, -0.2) is 45.7 Å². The summed E-state index contributed by atoms with van der Waals surface area (Å²) >= 11 is 0. The lowest BCUT2D eigenvalue weighted by Gasteiger charge is -2.30. The topological polar surface area (TPSA) is 63.7 Å². The third kappa shape index (κ3) is 5.55. The Hall–Kier alpha value is -2.41. The van der Waals surface area contributed by atoms with Crippen molar-refractivity contribution in [2.45, 2.75) is 30.6 Å². The smallest absolute Gasteiger partial charge is 0.232 e. The molecule has 0 aliphatic carbocycles. The zero-order valence-corrected chi connectivity index (χ0v) is 17.4. The van der Waals surface area contributed by atoms with Gasteiger partial charge in [0.2, 0.25) is 5.91 Å². The van der Waals surface area contributed by atoms with Crippen LogP contribution < -0.4 is 4.74 Å². The average molecular weight is 408 g/mol. The van der Waals surface area contributed by atoms with E-state index >= 15 is 0 Å². The third-order valence-corrected chi connectivity index (χ3v) is 5.70. The maximum atomic E-state index is 13.1. The predicted molar refractivity (Wildman–Crippen MR) is 107 cm³/mol. The van der Waals surface area contributed by atoms with Crippen LogP contribution in [0.4, 0.5) is 4.39 Å². The maximum Gasteiger partial charge on any atom is 0.232 e. The average Bonchev–Trinajstić information content (AvgIpc) is 2.64. The minimum absolute atomic E-state index is 0.0711. The minimum atomic E-state index is -3.28. The molecule has 2 aromatic rings. The summed E-state index contributed by atoms with van der Waals surface area (Å²) in [6, 6.07) is 12.3. The monoisotopic (exact) mass is 407 g/mol. The molecule has 0 aliphatic rings. The largest absolute Gasteiger partial charge is 0.493 e. The van der Waals surface area contributed by atoms with Gasteiger partial charge in [0, 0.05) is 19.8 Å². The zero-order valence-electron chi connectivity index (χ0n) is 16.6. The number of nitrogens with zero attached hydrogens (tertiary/aromatic N) is 1. The van der Waals surface area contributed by atoms with Crippen molar-refractivity contribution < 1.29 is 22.3 Å². The van der Waals surface area contributed by atoms with Crippen molar-refractivity contribution in [3.63, 3.8) is 0 Å². The molecule has 0 heterocycles. The van der Waals surface area contributed by atoms with Crippen LogP contribution in [0.5, 0.6) is 5.75 Å². The van der Waals surface area contributed by atoms with Gasteiger partial charge >= 0.3 is 0 Å². The van der Waals surface area contributed by atoms with Gasteiger partial charge in [-0.3, -0.25) is 4.79 Å². The number of likely N-dealkylation sites (N-methyl/N-ethyl adjacent to an activating group) is 1. The summed E-state index contributed by atoms with van der Waals surface area (Å²) in [7, 11) is -1.56. The van der Waals surface area contributed by atoms with E-state index < -0.39 is 15.3 Å². The van der Waals surface area contributed by atoms with Crippen molar-refractivity contribution in [1.29, 1.82) is 0 Å². The van der Waals surface area contributed by atoms with Gasteiger partial charge in [-0.15, -0.1) is 0 Å². The lowest BCUT2D eigenvalue weighted by atomic mass is 9.83. The van der Waals surface area contributed by atoms with Gasteiger partial charge in [-0.2, -0.15) is 0 Å². The van der Waals surface area contributed by atoms with Crippen LogP contribution in [0.3, 0.4) is 0 Å². The number of rotatable bonds is 8. The van der Waals surface area contributed by atoms with Crippen molar-refractivity contribution in [2.75, 3.05) is 26.5 Å². The second-order valence-corrected chi connectivity index (χ2v) is 9.32. The molecule has 152 valence electrons. The van der Waals surface area contributed by atoms with Crippen LogP contribution in [0.15, 0.2) is 53.4 Å². The Balaban J connectivity index is 1.89. The van der Waals surface area contributed by atoms with Crippen LogP contribution in [0.25, 0.3) is 0 Å². The SMILES string of the molecule is CN(CCCOc1cccc(S(C)(=O)=O)c1)C(=O)C(C)(C)c1ccc(F)cc1. The first kappa shape index (κ1) is 21.9. The van der Waals surface area contributed by atoms with Crippen LogP contribution in [0, 0.1) is 5.82 Å². The molecule has 7 heteroatoms. The molecule has 0 spiro atoms. The Morgan fingerprint density at radius 3 is 2.39 bits per heavy atom. The number of ether oxygens (including phenoxy) is 1. The van der Waals surface area contributed by atoms with E-state index in [4.69, 9.17) is 4.74 Å². The van der Waals surface area contributed by atoms with Crippen molar-refractivity contribution in [3.05, 3.63) is 59.9 Å². The molecule has 2 rings (SSSR count). The van der Waals surface area contributed by atoms with E-state index in [1.165, 1.54) is 24.3 Å². The van der Waals surface area contributed by atoms with Crippen molar-refractivity contribution in [2.24, 2.45) is 0 Å². The van der Waals surface area contributed by atoms with E-state index in [0.717, 1.165) is 11.8 Å². The highest BCUT2D eigenvalue weighted by molar-refractivity contribution is 7.90. The predicted octanol–water partition coefficient (Wildman–Crippen LogP) is 3.43. The van der Waals surface area contributed by atoms with Gasteiger partial charge in [0.25, 0.3) is 0 Å². The van der Waals surface area contributed by atoms with Crippen molar-refractivity contribution in [1.82, 2.24) is 4.90 Å². The zero-order chi connectivity index (χ0) is 20.9. The fourth-order valence-corrected chi connectivity index (χ4v) is 3.51. The molecule has 0 saturated carbocycles. The number of hydrogen-bond donors (Lipinski definition) is 0. The van der Waals surface area contributed by atoms with Crippen LogP contribution in [-0.2, 0) is 20.0 Å². The number of sulfone groups is 1. The van der Waals surface area contributed by atoms with Crippen LogP contribution >= 0.6 is 0 Å². The summed E-state index contributed by atoms with van der Waals surface area (Å²) in [6.07, 6.45) is 1.74. The summed E-state index contributed by atoms with van der Waals surface area (Å²) in [6.45, 7) is 4.45. The standard InChI is InChI=1S/C21H26FNO4S/c1-21(2,16-9-11-17(22)12-10-16)20(24)23(3)13-6-14-27-18-7-5-8-19(15-18)28(4,25)26/h5,7-12,15H,6,13-14H2,1-4H3. The number of carbonyl (C=O) groups is 1. The Labute approximate surface area is 166 Å². The molecule has 0 bridgehead atoms. The first-order valence-corrected chi connectivity index (χ1v) is 10.9. The van der Waals surface area contributed by atoms with Crippen molar-refractivity contribution >= 4 is 15.7 Å². The fourth-order valence-electron chi connectivity index (χ4n) is 2.86. The number of halogens is 1. The highest BCUT2D eigenvalue weighted by atomic mass is 32.2. The molecule has 0 aromatic heterocycles. The number of hydrogen-bond acceptors (Lipinski definition) is 4. The van der Waals surface area contributed by atoms with E-state index in [1.54, 1.807) is 36.2 Å². The molecule has 5 nitrogen and oxygen atoms in total. The molecular weight excluding hydrogens is 381 g/mol. The van der Waals surface area contributed by atoms with Crippen molar-refractivity contribution in [3.8, 4) is 5.75 Å². The molecule has 0 aliphatic heterocycles. The number of carbonyl (C=O) groups excluding carboxylic acids is 1. The van der Waals surface area contributed by atoms with Gasteiger partial charge in [-0.05, 0) is 56.2 Å². The highest BCUT2D eigenvalue weighted by Crippen LogP contribution is 2.25. The maximum absolute atomic E-state index is 13.1. The van der Waals surface area contributed by atoms with E-state index in [2.05, 4.69) is 0 Å². The quantitative estimate of drug-likeness (QED) is 0.629. The van der Waals surface area contributed by atoms with Crippen LogP contribution in [0.2, 0.25) is 0 Å². The first-order chi connectivity index (χ1) is 13.0. The molecular formula is C21H26FNO4S. The van der Waals surface area contributed by atoms with E-state index in [-0.39, 0.29) is 16.6 Å². The molecule has 0 N–H and O–H groups in total.